The normalized spacial score (nSPS) is 9.95. The summed E-state index contributed by atoms with van der Waals surface area (Å²) < 4.78 is 0. The standard InChI is InChI=1S/C13H10Cl3N3O/c14-8-6-10(15)12(11(16)7-8)18-19-13(20)17-9-4-2-1-3-5-9/h1-7,18H,(H2,17,19,20). The fraction of sp³-hybridized carbons (Fsp3) is 0. The number of halogens is 3. The molecule has 0 aromatic heterocycles. The van der Waals surface area contributed by atoms with Crippen LogP contribution in [0.3, 0.4) is 0 Å². The summed E-state index contributed by atoms with van der Waals surface area (Å²) >= 11 is 17.7. The first-order valence-electron chi connectivity index (χ1n) is 5.59. The molecule has 0 radical (unpaired) electrons. The summed E-state index contributed by atoms with van der Waals surface area (Å²) in [5, 5.41) is 3.67. The van der Waals surface area contributed by atoms with Crippen LogP contribution in [0.4, 0.5) is 16.2 Å². The van der Waals surface area contributed by atoms with E-state index in [1.54, 1.807) is 12.1 Å². The Labute approximate surface area is 131 Å². The van der Waals surface area contributed by atoms with Crippen LogP contribution in [-0.4, -0.2) is 6.03 Å². The van der Waals surface area contributed by atoms with Gasteiger partial charge in [0.1, 0.15) is 0 Å². The Balaban J connectivity index is 1.97. The van der Waals surface area contributed by atoms with Crippen LogP contribution in [0.5, 0.6) is 0 Å². The minimum atomic E-state index is -0.446. The van der Waals surface area contributed by atoms with Gasteiger partial charge in [-0.2, -0.15) is 0 Å². The molecule has 104 valence electrons. The van der Waals surface area contributed by atoms with E-state index >= 15 is 0 Å². The Bertz CT molecular complexity index is 597. The topological polar surface area (TPSA) is 53.2 Å². The highest BCUT2D eigenvalue weighted by atomic mass is 35.5. The van der Waals surface area contributed by atoms with Crippen LogP contribution in [0, 0.1) is 0 Å². The second kappa shape index (κ2) is 6.70. The average molecular weight is 331 g/mol. The smallest absolute Gasteiger partial charge is 0.307 e. The molecule has 20 heavy (non-hydrogen) atoms. The van der Waals surface area contributed by atoms with Crippen LogP contribution in [0.15, 0.2) is 42.5 Å². The second-order valence-corrected chi connectivity index (χ2v) is 5.07. The van der Waals surface area contributed by atoms with Crippen molar-refractivity contribution in [3.63, 3.8) is 0 Å². The van der Waals surface area contributed by atoms with Gasteiger partial charge in [-0.05, 0) is 24.3 Å². The minimum absolute atomic E-state index is 0.308. The Kier molecular flexibility index (Phi) is 4.95. The van der Waals surface area contributed by atoms with E-state index in [1.165, 1.54) is 12.1 Å². The van der Waals surface area contributed by atoms with Gasteiger partial charge in [-0.25, -0.2) is 4.79 Å². The van der Waals surface area contributed by atoms with Crippen molar-refractivity contribution in [1.29, 1.82) is 0 Å². The first-order chi connectivity index (χ1) is 9.56. The summed E-state index contributed by atoms with van der Waals surface area (Å²) in [6, 6.07) is 11.6. The molecule has 3 N–H and O–H groups in total. The Morgan fingerprint density at radius 2 is 1.55 bits per heavy atom. The van der Waals surface area contributed by atoms with E-state index in [4.69, 9.17) is 34.8 Å². The number of carbonyl (C=O) groups is 1. The van der Waals surface area contributed by atoms with Gasteiger partial charge in [-0.3, -0.25) is 10.9 Å². The molecular formula is C13H10Cl3N3O. The largest absolute Gasteiger partial charge is 0.337 e. The van der Waals surface area contributed by atoms with Crippen molar-refractivity contribution in [1.82, 2.24) is 5.43 Å². The lowest BCUT2D eigenvalue weighted by atomic mass is 10.3. The lowest BCUT2D eigenvalue weighted by Crippen LogP contribution is -2.33. The number of urea groups is 1. The molecule has 0 aliphatic rings. The van der Waals surface area contributed by atoms with Crippen molar-refractivity contribution >= 4 is 52.2 Å². The van der Waals surface area contributed by atoms with Crippen LogP contribution in [0.1, 0.15) is 0 Å². The molecule has 7 heteroatoms. The van der Waals surface area contributed by atoms with Gasteiger partial charge >= 0.3 is 6.03 Å². The van der Waals surface area contributed by atoms with E-state index in [0.717, 1.165) is 0 Å². The third-order valence-corrected chi connectivity index (χ3v) is 3.15. The van der Waals surface area contributed by atoms with Gasteiger partial charge in [0.2, 0.25) is 0 Å². The number of para-hydroxylation sites is 1. The Hall–Kier alpha value is -1.62. The van der Waals surface area contributed by atoms with E-state index in [1.807, 2.05) is 18.2 Å². The molecule has 0 spiro atoms. The number of hydrogen-bond donors (Lipinski definition) is 3. The predicted octanol–water partition coefficient (Wildman–Crippen LogP) is 4.80. The van der Waals surface area contributed by atoms with Crippen molar-refractivity contribution in [3.05, 3.63) is 57.5 Å². The van der Waals surface area contributed by atoms with Crippen LogP contribution >= 0.6 is 34.8 Å². The van der Waals surface area contributed by atoms with Gasteiger partial charge in [-0.15, -0.1) is 0 Å². The van der Waals surface area contributed by atoms with Crippen LogP contribution in [0.2, 0.25) is 15.1 Å². The fourth-order valence-corrected chi connectivity index (χ4v) is 2.38. The molecule has 0 atom stereocenters. The maximum atomic E-state index is 11.7. The molecule has 4 nitrogen and oxygen atoms in total. The molecule has 2 aromatic rings. The number of carbonyl (C=O) groups excluding carboxylic acids is 1. The zero-order chi connectivity index (χ0) is 14.5. The fourth-order valence-electron chi connectivity index (χ4n) is 1.46. The van der Waals surface area contributed by atoms with Gasteiger partial charge in [0.25, 0.3) is 0 Å². The molecule has 0 unspecified atom stereocenters. The number of nitrogens with one attached hydrogen (secondary N) is 3. The number of anilines is 2. The van der Waals surface area contributed by atoms with E-state index in [2.05, 4.69) is 16.2 Å². The molecule has 2 amide bonds. The predicted molar refractivity (Wildman–Crippen MR) is 83.7 cm³/mol. The van der Waals surface area contributed by atoms with Crippen molar-refractivity contribution in [2.75, 3.05) is 10.7 Å². The van der Waals surface area contributed by atoms with Crippen LogP contribution in [0.25, 0.3) is 0 Å². The maximum Gasteiger partial charge on any atom is 0.337 e. The summed E-state index contributed by atoms with van der Waals surface area (Å²) in [6.07, 6.45) is 0. The quantitative estimate of drug-likeness (QED) is 0.708. The van der Waals surface area contributed by atoms with Gasteiger partial charge < -0.3 is 5.32 Å². The number of benzene rings is 2. The molecule has 0 bridgehead atoms. The summed E-state index contributed by atoms with van der Waals surface area (Å²) in [5.74, 6) is 0. The highest BCUT2D eigenvalue weighted by molar-refractivity contribution is 6.41. The van der Waals surface area contributed by atoms with E-state index in [-0.39, 0.29) is 0 Å². The first-order valence-corrected chi connectivity index (χ1v) is 6.72. The molecule has 0 aliphatic heterocycles. The highest BCUT2D eigenvalue weighted by Crippen LogP contribution is 2.33. The minimum Gasteiger partial charge on any atom is -0.307 e. The van der Waals surface area contributed by atoms with Crippen molar-refractivity contribution < 1.29 is 4.79 Å². The summed E-state index contributed by atoms with van der Waals surface area (Å²) in [6.45, 7) is 0. The lowest BCUT2D eigenvalue weighted by Gasteiger charge is -2.12. The molecule has 0 heterocycles. The van der Waals surface area contributed by atoms with Crippen molar-refractivity contribution in [2.45, 2.75) is 0 Å². The zero-order valence-electron chi connectivity index (χ0n) is 10.1. The molecule has 0 aliphatic carbocycles. The van der Waals surface area contributed by atoms with Gasteiger partial charge in [0, 0.05) is 10.7 Å². The maximum absolute atomic E-state index is 11.7. The van der Waals surface area contributed by atoms with Crippen molar-refractivity contribution in [2.24, 2.45) is 0 Å². The molecule has 2 rings (SSSR count). The van der Waals surface area contributed by atoms with Gasteiger partial charge in [0.15, 0.2) is 0 Å². The number of amides is 2. The van der Waals surface area contributed by atoms with E-state index < -0.39 is 6.03 Å². The number of hydrazine groups is 1. The summed E-state index contributed by atoms with van der Waals surface area (Å²) in [7, 11) is 0. The van der Waals surface area contributed by atoms with Gasteiger partial charge in [-0.1, -0.05) is 53.0 Å². The first kappa shape index (κ1) is 14.8. The van der Waals surface area contributed by atoms with E-state index in [0.29, 0.717) is 26.4 Å². The summed E-state index contributed by atoms with van der Waals surface area (Å²) in [4.78, 5) is 11.7. The van der Waals surface area contributed by atoms with Gasteiger partial charge in [0.05, 0.1) is 15.7 Å². The van der Waals surface area contributed by atoms with Crippen LogP contribution < -0.4 is 16.2 Å². The third-order valence-electron chi connectivity index (χ3n) is 2.34. The SMILES string of the molecule is O=C(NNc1c(Cl)cc(Cl)cc1Cl)Nc1ccccc1. The zero-order valence-corrected chi connectivity index (χ0v) is 12.4. The van der Waals surface area contributed by atoms with E-state index in [9.17, 15) is 4.79 Å². The average Bonchev–Trinajstić information content (AvgIpc) is 2.38. The number of rotatable bonds is 3. The lowest BCUT2D eigenvalue weighted by molar-refractivity contribution is 0.254. The second-order valence-electron chi connectivity index (χ2n) is 3.81. The Morgan fingerprint density at radius 1 is 0.950 bits per heavy atom. The third kappa shape index (κ3) is 3.93. The Morgan fingerprint density at radius 3 is 2.15 bits per heavy atom. The monoisotopic (exact) mass is 329 g/mol. The molecule has 0 saturated heterocycles. The highest BCUT2D eigenvalue weighted by Gasteiger charge is 2.08. The molecule has 2 aromatic carbocycles. The summed E-state index contributed by atoms with van der Waals surface area (Å²) in [5.41, 5.74) is 6.12. The molecule has 0 fully saturated rings. The van der Waals surface area contributed by atoms with Crippen LogP contribution in [-0.2, 0) is 0 Å². The molecular weight excluding hydrogens is 321 g/mol. The molecule has 0 saturated carbocycles. The number of hydrogen-bond acceptors (Lipinski definition) is 2. The van der Waals surface area contributed by atoms with Crippen molar-refractivity contribution in [3.8, 4) is 0 Å².